The summed E-state index contributed by atoms with van der Waals surface area (Å²) in [5.41, 5.74) is 0.956. The summed E-state index contributed by atoms with van der Waals surface area (Å²) in [7, 11) is -4.02. The lowest BCUT2D eigenvalue weighted by Gasteiger charge is -2.35. The van der Waals surface area contributed by atoms with Gasteiger partial charge in [-0.1, -0.05) is 37.5 Å². The van der Waals surface area contributed by atoms with Gasteiger partial charge in [0.25, 0.3) is 10.1 Å². The highest BCUT2D eigenvalue weighted by atomic mass is 32.2. The zero-order valence-corrected chi connectivity index (χ0v) is 16.9. The van der Waals surface area contributed by atoms with E-state index in [2.05, 4.69) is 27.7 Å². The van der Waals surface area contributed by atoms with Gasteiger partial charge in [-0.15, -0.1) is 0 Å². The Bertz CT molecular complexity index is 526. The molecule has 0 aliphatic heterocycles. The Morgan fingerprint density at radius 3 is 1.75 bits per heavy atom. The van der Waals surface area contributed by atoms with Crippen molar-refractivity contribution >= 4 is 10.1 Å². The van der Waals surface area contributed by atoms with Gasteiger partial charge in [-0.05, 0) is 52.7 Å². The number of aryl methyl sites for hydroxylation is 1. The molecule has 1 N–H and O–H groups in total. The van der Waals surface area contributed by atoms with E-state index >= 15 is 0 Å². The third-order valence-electron chi connectivity index (χ3n) is 4.82. The third kappa shape index (κ3) is 8.81. The third-order valence-corrected chi connectivity index (χ3v) is 5.69. The van der Waals surface area contributed by atoms with Gasteiger partial charge in [-0.2, -0.15) is 8.42 Å². The maximum atomic E-state index is 10.5. The van der Waals surface area contributed by atoms with Gasteiger partial charge in [0.15, 0.2) is 0 Å². The van der Waals surface area contributed by atoms with Crippen molar-refractivity contribution in [1.29, 1.82) is 0 Å². The van der Waals surface area contributed by atoms with Gasteiger partial charge in [0.2, 0.25) is 0 Å². The lowest BCUT2D eigenvalue weighted by molar-refractivity contribution is -0.923. The molecule has 0 atom stereocenters. The zero-order valence-electron chi connectivity index (χ0n) is 16.1. The molecule has 0 radical (unpaired) electrons. The largest absolute Gasteiger partial charge is 0.324 e. The van der Waals surface area contributed by atoms with Crippen LogP contribution >= 0.6 is 0 Å². The number of nitrogens with zero attached hydrogens (tertiary/aromatic N) is 1. The Labute approximate surface area is 149 Å². The van der Waals surface area contributed by atoms with Crippen molar-refractivity contribution in [2.24, 2.45) is 0 Å². The van der Waals surface area contributed by atoms with E-state index in [0.717, 1.165) is 5.56 Å². The maximum absolute atomic E-state index is 10.5. The maximum Gasteiger partial charge on any atom is 0.294 e. The average Bonchev–Trinajstić information content (AvgIpc) is 2.56. The molecule has 0 fully saturated rings. The molecule has 4 nitrogen and oxygen atoms in total. The van der Waals surface area contributed by atoms with Gasteiger partial charge >= 0.3 is 0 Å². The normalized spacial score (nSPS) is 11.8. The lowest BCUT2D eigenvalue weighted by Crippen LogP contribution is -2.48. The highest BCUT2D eigenvalue weighted by Gasteiger charge is 2.19. The van der Waals surface area contributed by atoms with Crippen LogP contribution in [0.25, 0.3) is 0 Å². The van der Waals surface area contributed by atoms with E-state index in [4.69, 9.17) is 4.55 Å². The van der Waals surface area contributed by atoms with Gasteiger partial charge in [-0.25, -0.2) is 0 Å². The fourth-order valence-corrected chi connectivity index (χ4v) is 3.21. The van der Waals surface area contributed by atoms with Crippen LogP contribution in [0.4, 0.5) is 0 Å². The summed E-state index contributed by atoms with van der Waals surface area (Å²) in [5.74, 6) is 0. The molecular formula is C19H36NO3S+. The summed E-state index contributed by atoms with van der Waals surface area (Å²) in [4.78, 5) is -0.0666. The average molecular weight is 359 g/mol. The van der Waals surface area contributed by atoms with Crippen LogP contribution in [0.1, 0.15) is 58.9 Å². The number of hydrogen-bond donors (Lipinski definition) is 1. The molecule has 0 bridgehead atoms. The van der Waals surface area contributed by atoms with Crippen molar-refractivity contribution in [3.8, 4) is 0 Å². The van der Waals surface area contributed by atoms with Gasteiger partial charge in [-0.3, -0.25) is 4.55 Å². The molecule has 1 aromatic rings. The highest BCUT2D eigenvalue weighted by molar-refractivity contribution is 7.85. The molecule has 24 heavy (non-hydrogen) atoms. The summed E-state index contributed by atoms with van der Waals surface area (Å²) in [6, 6.07) is 5.99. The van der Waals surface area contributed by atoms with E-state index in [1.54, 1.807) is 12.1 Å². The van der Waals surface area contributed by atoms with E-state index < -0.39 is 10.1 Å². The van der Waals surface area contributed by atoms with Gasteiger partial charge in [0, 0.05) is 0 Å². The van der Waals surface area contributed by atoms with Crippen LogP contribution < -0.4 is 0 Å². The molecule has 0 spiro atoms. The second-order valence-electron chi connectivity index (χ2n) is 6.36. The minimum absolute atomic E-state index is 0.0666. The molecular weight excluding hydrogens is 322 g/mol. The van der Waals surface area contributed by atoms with Crippen LogP contribution in [0.2, 0.25) is 0 Å². The molecule has 0 aliphatic carbocycles. The van der Waals surface area contributed by atoms with Crippen LogP contribution in [0.3, 0.4) is 0 Å². The predicted octanol–water partition coefficient (Wildman–Crippen LogP) is 4.68. The Morgan fingerprint density at radius 1 is 0.875 bits per heavy atom. The fraction of sp³-hybridized carbons (Fsp3) is 0.684. The van der Waals surface area contributed by atoms with Crippen molar-refractivity contribution in [2.45, 2.75) is 65.2 Å². The number of unbranched alkanes of at least 4 members (excludes halogenated alkanes) is 3. The Kier molecular flexibility index (Phi) is 11.2. The molecule has 0 unspecified atom stereocenters. The molecule has 0 saturated heterocycles. The Morgan fingerprint density at radius 2 is 1.38 bits per heavy atom. The van der Waals surface area contributed by atoms with Gasteiger partial charge in [0.05, 0.1) is 31.1 Å². The first-order valence-electron chi connectivity index (χ1n) is 9.13. The second-order valence-corrected chi connectivity index (χ2v) is 7.78. The highest BCUT2D eigenvalue weighted by Crippen LogP contribution is 2.10. The summed E-state index contributed by atoms with van der Waals surface area (Å²) in [6.07, 6.45) is 5.61. The lowest BCUT2D eigenvalue weighted by atomic mass is 10.2. The monoisotopic (exact) mass is 358 g/mol. The first-order valence-corrected chi connectivity index (χ1v) is 10.6. The van der Waals surface area contributed by atoms with Crippen molar-refractivity contribution in [3.05, 3.63) is 29.8 Å². The topological polar surface area (TPSA) is 54.4 Å². The van der Waals surface area contributed by atoms with Crippen molar-refractivity contribution < 1.29 is 17.5 Å². The van der Waals surface area contributed by atoms with E-state index in [0.29, 0.717) is 0 Å². The molecule has 5 heteroatoms. The fourth-order valence-electron chi connectivity index (χ4n) is 2.73. The van der Waals surface area contributed by atoms with Crippen LogP contribution in [0, 0.1) is 6.92 Å². The number of quaternary nitrogens is 1. The molecule has 0 aromatic heterocycles. The van der Waals surface area contributed by atoms with E-state index in [1.165, 1.54) is 68.5 Å². The summed E-state index contributed by atoms with van der Waals surface area (Å²) < 4.78 is 30.9. The van der Waals surface area contributed by atoms with Crippen molar-refractivity contribution in [2.75, 3.05) is 26.2 Å². The van der Waals surface area contributed by atoms with Gasteiger partial charge < -0.3 is 4.48 Å². The summed E-state index contributed by atoms with van der Waals surface area (Å²) in [5, 5.41) is 0. The first-order chi connectivity index (χ1) is 11.2. The molecule has 1 rings (SSSR count). The smallest absolute Gasteiger partial charge is 0.294 e. The molecule has 1 aromatic carbocycles. The Balaban J connectivity index is 0.000000446. The second kappa shape index (κ2) is 11.6. The van der Waals surface area contributed by atoms with Crippen LogP contribution in [-0.4, -0.2) is 43.6 Å². The predicted molar refractivity (Wildman–Crippen MR) is 102 cm³/mol. The summed E-state index contributed by atoms with van der Waals surface area (Å²) >= 11 is 0. The number of rotatable bonds is 9. The van der Waals surface area contributed by atoms with Crippen LogP contribution in [0.15, 0.2) is 29.2 Å². The van der Waals surface area contributed by atoms with Crippen LogP contribution in [-0.2, 0) is 10.1 Å². The SMILES string of the molecule is CCCCCC[N+](CC)(CC)CC.Cc1ccc(S(=O)(=O)O)cc1. The number of benzene rings is 1. The minimum atomic E-state index is -4.02. The molecule has 0 saturated carbocycles. The minimum Gasteiger partial charge on any atom is -0.324 e. The summed E-state index contributed by atoms with van der Waals surface area (Å²) in [6.45, 7) is 16.4. The standard InChI is InChI=1S/C12H28N.C7H8O3S/c1-5-9-10-11-12-13(6-2,7-3)8-4;1-6-2-4-7(5-3-6)11(8,9)10/h5-12H2,1-4H3;2-5H,1H3,(H,8,9,10)/q+1;. The molecule has 0 amide bonds. The van der Waals surface area contributed by atoms with E-state index in [9.17, 15) is 8.42 Å². The van der Waals surface area contributed by atoms with E-state index in [-0.39, 0.29) is 4.90 Å². The first kappa shape index (κ1) is 23.1. The van der Waals surface area contributed by atoms with Crippen molar-refractivity contribution in [1.82, 2.24) is 0 Å². The Hall–Kier alpha value is -0.910. The van der Waals surface area contributed by atoms with E-state index in [1.807, 2.05) is 6.92 Å². The van der Waals surface area contributed by atoms with Crippen LogP contribution in [0.5, 0.6) is 0 Å². The number of hydrogen-bond acceptors (Lipinski definition) is 2. The van der Waals surface area contributed by atoms with Crippen molar-refractivity contribution in [3.63, 3.8) is 0 Å². The quantitative estimate of drug-likeness (QED) is 0.396. The molecule has 0 heterocycles. The molecule has 0 aliphatic rings. The zero-order chi connectivity index (χ0) is 18.6. The molecule has 140 valence electrons. The van der Waals surface area contributed by atoms with Gasteiger partial charge in [0.1, 0.15) is 0 Å².